The van der Waals surface area contributed by atoms with Gasteiger partial charge in [-0.1, -0.05) is 6.07 Å². The maximum Gasteiger partial charge on any atom is 0.347 e. The summed E-state index contributed by atoms with van der Waals surface area (Å²) in [6, 6.07) is 5.59. The predicted molar refractivity (Wildman–Crippen MR) is 80.8 cm³/mol. The van der Waals surface area contributed by atoms with E-state index in [1.807, 2.05) is 0 Å². The maximum absolute atomic E-state index is 12.6. The molecule has 0 aliphatic carbocycles. The molecule has 24 heavy (non-hydrogen) atoms. The molecule has 0 N–H and O–H groups in total. The van der Waals surface area contributed by atoms with Gasteiger partial charge in [-0.3, -0.25) is 0 Å². The summed E-state index contributed by atoms with van der Waals surface area (Å²) in [6.45, 7) is 1.42. The van der Waals surface area contributed by atoms with Crippen LogP contribution in [0.15, 0.2) is 29.2 Å². The Kier molecular flexibility index (Phi) is 4.83. The first-order chi connectivity index (χ1) is 11.5. The van der Waals surface area contributed by atoms with Gasteiger partial charge < -0.3 is 14.2 Å². The fourth-order valence-corrected chi connectivity index (χ4v) is 3.96. The summed E-state index contributed by atoms with van der Waals surface area (Å²) < 4.78 is 41.5. The number of cyclic esters (lactones) is 1. The summed E-state index contributed by atoms with van der Waals surface area (Å²) in [5.41, 5.74) is 0.0732. The Morgan fingerprint density at radius 3 is 2.62 bits per heavy atom. The number of hydrogen-bond acceptors (Lipinski definition) is 7. The van der Waals surface area contributed by atoms with Gasteiger partial charge in [-0.15, -0.1) is 0 Å². The minimum absolute atomic E-state index is 0.00727. The summed E-state index contributed by atoms with van der Waals surface area (Å²) in [5, 5.41) is 0. The highest BCUT2D eigenvalue weighted by molar-refractivity contribution is 7.89. The van der Waals surface area contributed by atoms with Gasteiger partial charge >= 0.3 is 11.9 Å². The van der Waals surface area contributed by atoms with Gasteiger partial charge in [0.15, 0.2) is 0 Å². The second-order valence-corrected chi connectivity index (χ2v) is 7.33. The SMILES string of the molecule is O=C(OC1CCOC1=O)c1cccc(S(=O)(=O)N2CCOCC2)c1. The van der Waals surface area contributed by atoms with Crippen molar-refractivity contribution in [1.82, 2.24) is 4.31 Å². The number of carbonyl (C=O) groups excluding carboxylic acids is 2. The lowest BCUT2D eigenvalue weighted by molar-refractivity contribution is -0.145. The number of hydrogen-bond donors (Lipinski definition) is 0. The standard InChI is InChI=1S/C15H17NO7S/c17-14(23-13-4-7-22-15(13)18)11-2-1-3-12(10-11)24(19,20)16-5-8-21-9-6-16/h1-3,10,13H,4-9H2. The van der Waals surface area contributed by atoms with E-state index < -0.39 is 28.1 Å². The molecular formula is C15H17NO7S. The summed E-state index contributed by atoms with van der Waals surface area (Å²) in [4.78, 5) is 23.5. The molecule has 0 aromatic heterocycles. The van der Waals surface area contributed by atoms with Crippen molar-refractivity contribution >= 4 is 22.0 Å². The molecule has 130 valence electrons. The van der Waals surface area contributed by atoms with Crippen molar-refractivity contribution < 1.29 is 32.2 Å². The molecule has 0 amide bonds. The monoisotopic (exact) mass is 355 g/mol. The smallest absolute Gasteiger partial charge is 0.347 e. The zero-order valence-electron chi connectivity index (χ0n) is 12.8. The largest absolute Gasteiger partial charge is 0.463 e. The van der Waals surface area contributed by atoms with E-state index in [1.165, 1.54) is 28.6 Å². The first-order valence-corrected chi connectivity index (χ1v) is 8.98. The first-order valence-electron chi connectivity index (χ1n) is 7.54. The molecule has 2 aliphatic rings. The van der Waals surface area contributed by atoms with Crippen LogP contribution in [0.5, 0.6) is 0 Å². The van der Waals surface area contributed by atoms with Crippen molar-refractivity contribution in [2.24, 2.45) is 0 Å². The molecule has 3 rings (SSSR count). The van der Waals surface area contributed by atoms with Crippen LogP contribution in [0.25, 0.3) is 0 Å². The lowest BCUT2D eigenvalue weighted by Crippen LogP contribution is -2.40. The number of carbonyl (C=O) groups is 2. The number of esters is 2. The highest BCUT2D eigenvalue weighted by atomic mass is 32.2. The Morgan fingerprint density at radius 1 is 1.21 bits per heavy atom. The average Bonchev–Trinajstić information content (AvgIpc) is 3.00. The molecule has 2 heterocycles. The minimum atomic E-state index is -3.70. The van der Waals surface area contributed by atoms with Gasteiger partial charge in [0.2, 0.25) is 16.1 Å². The number of morpholine rings is 1. The van der Waals surface area contributed by atoms with Crippen molar-refractivity contribution in [3.8, 4) is 0 Å². The Hall–Kier alpha value is -1.97. The molecule has 0 radical (unpaired) electrons. The molecule has 2 fully saturated rings. The Balaban J connectivity index is 1.78. The van der Waals surface area contributed by atoms with Crippen LogP contribution in [0, 0.1) is 0 Å². The van der Waals surface area contributed by atoms with Gasteiger partial charge in [0.25, 0.3) is 0 Å². The van der Waals surface area contributed by atoms with Crippen LogP contribution >= 0.6 is 0 Å². The molecule has 2 saturated heterocycles. The molecule has 0 saturated carbocycles. The molecule has 1 aromatic carbocycles. The van der Waals surface area contributed by atoms with Gasteiger partial charge in [-0.05, 0) is 18.2 Å². The Bertz CT molecular complexity index is 740. The van der Waals surface area contributed by atoms with E-state index in [-0.39, 0.29) is 30.2 Å². The summed E-state index contributed by atoms with van der Waals surface area (Å²) in [5.74, 6) is -1.33. The van der Waals surface area contributed by atoms with Crippen LogP contribution in [0.4, 0.5) is 0 Å². The fourth-order valence-electron chi connectivity index (χ4n) is 2.50. The van der Waals surface area contributed by atoms with Crippen LogP contribution in [-0.4, -0.2) is 63.7 Å². The van der Waals surface area contributed by atoms with Crippen molar-refractivity contribution in [2.45, 2.75) is 17.4 Å². The molecular weight excluding hydrogens is 338 g/mol. The van der Waals surface area contributed by atoms with E-state index in [1.54, 1.807) is 0 Å². The van der Waals surface area contributed by atoms with E-state index in [2.05, 4.69) is 0 Å². The predicted octanol–water partition coefficient (Wildman–Crippen LogP) is 0.180. The van der Waals surface area contributed by atoms with Crippen LogP contribution in [0.2, 0.25) is 0 Å². The zero-order chi connectivity index (χ0) is 17.2. The highest BCUT2D eigenvalue weighted by Crippen LogP contribution is 2.20. The third kappa shape index (κ3) is 3.42. The Labute approximate surface area is 139 Å². The molecule has 0 spiro atoms. The van der Waals surface area contributed by atoms with E-state index >= 15 is 0 Å². The number of nitrogens with zero attached hydrogens (tertiary/aromatic N) is 1. The Morgan fingerprint density at radius 2 is 1.96 bits per heavy atom. The first kappa shape index (κ1) is 16.9. The molecule has 1 atom stereocenters. The topological polar surface area (TPSA) is 99.2 Å². The normalized spacial score (nSPS) is 22.2. The van der Waals surface area contributed by atoms with Gasteiger partial charge in [0, 0.05) is 19.5 Å². The quantitative estimate of drug-likeness (QED) is 0.710. The van der Waals surface area contributed by atoms with E-state index in [4.69, 9.17) is 14.2 Å². The highest BCUT2D eigenvalue weighted by Gasteiger charge is 2.31. The van der Waals surface area contributed by atoms with Crippen molar-refractivity contribution in [1.29, 1.82) is 0 Å². The van der Waals surface area contributed by atoms with Gasteiger partial charge in [-0.2, -0.15) is 4.31 Å². The number of rotatable bonds is 4. The van der Waals surface area contributed by atoms with Crippen molar-refractivity contribution in [3.05, 3.63) is 29.8 Å². The lowest BCUT2D eigenvalue weighted by atomic mass is 10.2. The van der Waals surface area contributed by atoms with Crippen LogP contribution in [-0.2, 0) is 29.0 Å². The van der Waals surface area contributed by atoms with Gasteiger partial charge in [0.1, 0.15) is 0 Å². The number of benzene rings is 1. The third-order valence-corrected chi connectivity index (χ3v) is 5.71. The summed E-state index contributed by atoms with van der Waals surface area (Å²) in [6.07, 6.45) is -0.631. The zero-order valence-corrected chi connectivity index (χ0v) is 13.7. The summed E-state index contributed by atoms with van der Waals surface area (Å²) in [7, 11) is -3.70. The number of ether oxygens (including phenoxy) is 3. The lowest BCUT2D eigenvalue weighted by Gasteiger charge is -2.26. The van der Waals surface area contributed by atoms with Crippen LogP contribution < -0.4 is 0 Å². The molecule has 9 heteroatoms. The molecule has 2 aliphatic heterocycles. The minimum Gasteiger partial charge on any atom is -0.463 e. The van der Waals surface area contributed by atoms with Crippen molar-refractivity contribution in [3.63, 3.8) is 0 Å². The van der Waals surface area contributed by atoms with E-state index in [0.29, 0.717) is 19.6 Å². The second-order valence-electron chi connectivity index (χ2n) is 5.39. The van der Waals surface area contributed by atoms with Gasteiger partial charge in [-0.25, -0.2) is 18.0 Å². The van der Waals surface area contributed by atoms with Gasteiger partial charge in [0.05, 0.1) is 30.3 Å². The molecule has 1 unspecified atom stereocenters. The third-order valence-electron chi connectivity index (χ3n) is 3.81. The van der Waals surface area contributed by atoms with Crippen LogP contribution in [0.1, 0.15) is 16.8 Å². The van der Waals surface area contributed by atoms with Crippen molar-refractivity contribution in [2.75, 3.05) is 32.9 Å². The maximum atomic E-state index is 12.6. The molecule has 8 nitrogen and oxygen atoms in total. The van der Waals surface area contributed by atoms with Crippen LogP contribution in [0.3, 0.4) is 0 Å². The second kappa shape index (κ2) is 6.88. The molecule has 0 bridgehead atoms. The average molecular weight is 355 g/mol. The summed E-state index contributed by atoms with van der Waals surface area (Å²) >= 11 is 0. The molecule has 1 aromatic rings. The van der Waals surface area contributed by atoms with E-state index in [0.717, 1.165) is 0 Å². The fraction of sp³-hybridized carbons (Fsp3) is 0.467. The number of sulfonamides is 1. The van der Waals surface area contributed by atoms with E-state index in [9.17, 15) is 18.0 Å².